The Labute approximate surface area is 192 Å². The van der Waals surface area contributed by atoms with Gasteiger partial charge in [0.05, 0.1) is 0 Å². The molecule has 2 aliphatic rings. The quantitative estimate of drug-likeness (QED) is 0.528. The average Bonchev–Trinajstić information content (AvgIpc) is 3.37. The van der Waals surface area contributed by atoms with Crippen molar-refractivity contribution >= 4 is 18.0 Å². The van der Waals surface area contributed by atoms with Gasteiger partial charge in [0.15, 0.2) is 6.10 Å². The summed E-state index contributed by atoms with van der Waals surface area (Å²) >= 11 is 0. The molecule has 0 heterocycles. The van der Waals surface area contributed by atoms with E-state index in [0.29, 0.717) is 0 Å². The van der Waals surface area contributed by atoms with Gasteiger partial charge < -0.3 is 15.2 Å². The van der Waals surface area contributed by atoms with Crippen molar-refractivity contribution in [2.24, 2.45) is 5.92 Å². The molecule has 33 heavy (non-hydrogen) atoms. The zero-order valence-corrected chi connectivity index (χ0v) is 18.5. The lowest BCUT2D eigenvalue weighted by atomic mass is 9.98. The number of hydrogen-bond donors (Lipinski definition) is 3. The van der Waals surface area contributed by atoms with Crippen LogP contribution in [0.5, 0.6) is 0 Å². The summed E-state index contributed by atoms with van der Waals surface area (Å²) in [4.78, 5) is 40.3. The molecule has 3 N–H and O–H groups in total. The molecule has 174 valence electrons. The van der Waals surface area contributed by atoms with Crippen molar-refractivity contribution in [2.75, 3.05) is 6.61 Å². The summed E-state index contributed by atoms with van der Waals surface area (Å²) in [5.41, 5.74) is 6.82. The number of carboxylic acid groups (broad SMARTS) is 1. The van der Waals surface area contributed by atoms with Gasteiger partial charge in [-0.2, -0.15) is 0 Å². The molecule has 1 saturated carbocycles. The van der Waals surface area contributed by atoms with Gasteiger partial charge in [0.25, 0.3) is 0 Å². The third kappa shape index (κ3) is 5.17. The normalized spacial score (nSPS) is 19.9. The average molecular weight is 453 g/mol. The van der Waals surface area contributed by atoms with Crippen molar-refractivity contribution < 1.29 is 29.1 Å². The highest BCUT2D eigenvalue weighted by atomic mass is 16.7. The number of carboxylic acids is 1. The fraction of sp³-hybridized carbons (Fsp3) is 0.400. The predicted molar refractivity (Wildman–Crippen MR) is 120 cm³/mol. The van der Waals surface area contributed by atoms with E-state index in [-0.39, 0.29) is 30.9 Å². The molecule has 1 unspecified atom stereocenters. The molecule has 2 aliphatic carbocycles. The first-order valence-corrected chi connectivity index (χ1v) is 11.2. The lowest BCUT2D eigenvalue weighted by molar-refractivity contribution is -0.159. The zero-order chi connectivity index (χ0) is 23.4. The van der Waals surface area contributed by atoms with Crippen molar-refractivity contribution in [2.45, 2.75) is 50.7 Å². The van der Waals surface area contributed by atoms with E-state index >= 15 is 0 Å². The first-order valence-electron chi connectivity index (χ1n) is 11.2. The van der Waals surface area contributed by atoms with Crippen LogP contribution in [0, 0.1) is 5.92 Å². The van der Waals surface area contributed by atoms with Crippen molar-refractivity contribution in [1.29, 1.82) is 0 Å². The molecule has 0 aromatic heterocycles. The maximum absolute atomic E-state index is 12.6. The molecule has 2 amide bonds. The van der Waals surface area contributed by atoms with Gasteiger partial charge in [-0.3, -0.25) is 9.63 Å². The molecule has 0 spiro atoms. The van der Waals surface area contributed by atoms with Crippen LogP contribution in [0.3, 0.4) is 0 Å². The molecule has 0 radical (unpaired) electrons. The Balaban J connectivity index is 1.30. The maximum atomic E-state index is 12.6. The second-order valence-electron chi connectivity index (χ2n) is 8.60. The van der Waals surface area contributed by atoms with E-state index in [2.05, 4.69) is 35.1 Å². The minimum absolute atomic E-state index is 0.0123. The number of nitrogens with one attached hydrogen (secondary N) is 2. The third-order valence-electron chi connectivity index (χ3n) is 6.45. The molecule has 0 aliphatic heterocycles. The van der Waals surface area contributed by atoms with Crippen LogP contribution in [-0.4, -0.2) is 41.8 Å². The Hall–Kier alpha value is -3.39. The van der Waals surface area contributed by atoms with Crippen molar-refractivity contribution in [3.63, 3.8) is 0 Å². The summed E-state index contributed by atoms with van der Waals surface area (Å²) in [5, 5.41) is 11.7. The molecule has 3 atom stereocenters. The predicted octanol–water partition coefficient (Wildman–Crippen LogP) is 3.60. The monoisotopic (exact) mass is 452 g/mol. The number of carbonyl (C=O) groups is 3. The van der Waals surface area contributed by atoms with Gasteiger partial charge in [-0.05, 0) is 47.9 Å². The van der Waals surface area contributed by atoms with Gasteiger partial charge in [-0.1, -0.05) is 55.0 Å². The van der Waals surface area contributed by atoms with Crippen LogP contribution in [-0.2, 0) is 19.2 Å². The van der Waals surface area contributed by atoms with Gasteiger partial charge in [0, 0.05) is 18.4 Å². The molecule has 2 aromatic rings. The summed E-state index contributed by atoms with van der Waals surface area (Å²) in [6, 6.07) is 16.1. The highest BCUT2D eigenvalue weighted by Gasteiger charge is 2.32. The molecule has 8 nitrogen and oxygen atoms in total. The van der Waals surface area contributed by atoms with E-state index in [0.717, 1.165) is 30.4 Å². The number of alkyl carbamates (subject to hydrolysis) is 1. The first kappa shape index (κ1) is 22.8. The molecular formula is C25H28N2O6. The number of hydroxylamine groups is 1. The summed E-state index contributed by atoms with van der Waals surface area (Å²) in [5.74, 6) is -1.64. The Kier molecular flexibility index (Phi) is 6.93. The van der Waals surface area contributed by atoms with Crippen molar-refractivity contribution in [3.05, 3.63) is 59.7 Å². The summed E-state index contributed by atoms with van der Waals surface area (Å²) in [6.07, 6.45) is 0.946. The highest BCUT2D eigenvalue weighted by Crippen LogP contribution is 2.44. The largest absolute Gasteiger partial charge is 0.479 e. The number of rotatable bonds is 8. The lowest BCUT2D eigenvalue weighted by Crippen LogP contribution is -2.40. The minimum Gasteiger partial charge on any atom is -0.479 e. The first-order chi connectivity index (χ1) is 15.9. The molecule has 4 rings (SSSR count). The summed E-state index contributed by atoms with van der Waals surface area (Å²) < 4.78 is 5.62. The number of hydrogen-bond acceptors (Lipinski definition) is 5. The van der Waals surface area contributed by atoms with Crippen LogP contribution in [0.15, 0.2) is 48.5 Å². The molecule has 8 heteroatoms. The van der Waals surface area contributed by atoms with Crippen LogP contribution in [0.2, 0.25) is 0 Å². The van der Waals surface area contributed by atoms with Crippen molar-refractivity contribution in [1.82, 2.24) is 10.8 Å². The van der Waals surface area contributed by atoms with Crippen LogP contribution < -0.4 is 10.8 Å². The minimum atomic E-state index is -1.16. The van der Waals surface area contributed by atoms with E-state index < -0.39 is 24.1 Å². The van der Waals surface area contributed by atoms with E-state index in [9.17, 15) is 14.4 Å². The second-order valence-corrected chi connectivity index (χ2v) is 8.60. The van der Waals surface area contributed by atoms with Gasteiger partial charge in [0.1, 0.15) is 6.61 Å². The third-order valence-corrected chi connectivity index (χ3v) is 6.45. The van der Waals surface area contributed by atoms with Gasteiger partial charge in [-0.15, -0.1) is 0 Å². The van der Waals surface area contributed by atoms with E-state index in [1.165, 1.54) is 18.1 Å². The number of carbonyl (C=O) groups excluding carboxylic acids is 2. The second kappa shape index (κ2) is 10.0. The Morgan fingerprint density at radius 2 is 1.67 bits per heavy atom. The Morgan fingerprint density at radius 3 is 2.30 bits per heavy atom. The fourth-order valence-electron chi connectivity index (χ4n) is 4.75. The SMILES string of the molecule is CC(ONC(=O)C[C@@H]1CCC[C@H]1NC(=O)OCC1c2ccccc2-c2ccccc21)C(=O)O. The molecule has 0 saturated heterocycles. The van der Waals surface area contributed by atoms with Crippen LogP contribution in [0.25, 0.3) is 11.1 Å². The summed E-state index contributed by atoms with van der Waals surface area (Å²) in [7, 11) is 0. The van der Waals surface area contributed by atoms with Crippen molar-refractivity contribution in [3.8, 4) is 11.1 Å². The van der Waals surface area contributed by atoms with Crippen LogP contribution in [0.1, 0.15) is 49.7 Å². The van der Waals surface area contributed by atoms with Crippen LogP contribution in [0.4, 0.5) is 4.79 Å². The number of benzene rings is 2. The lowest BCUT2D eigenvalue weighted by Gasteiger charge is -2.21. The van der Waals surface area contributed by atoms with Gasteiger partial charge >= 0.3 is 12.1 Å². The molecule has 1 fully saturated rings. The van der Waals surface area contributed by atoms with E-state index in [4.69, 9.17) is 14.7 Å². The fourth-order valence-corrected chi connectivity index (χ4v) is 4.75. The smallest absolute Gasteiger partial charge is 0.407 e. The molecule has 2 aromatic carbocycles. The van der Waals surface area contributed by atoms with E-state index in [1.54, 1.807) is 0 Å². The van der Waals surface area contributed by atoms with Gasteiger partial charge in [-0.25, -0.2) is 15.1 Å². The molecular weight excluding hydrogens is 424 g/mol. The zero-order valence-electron chi connectivity index (χ0n) is 18.5. The molecule has 0 bridgehead atoms. The van der Waals surface area contributed by atoms with E-state index in [1.807, 2.05) is 24.3 Å². The van der Waals surface area contributed by atoms with Gasteiger partial charge in [0.2, 0.25) is 5.91 Å². The Morgan fingerprint density at radius 1 is 1.03 bits per heavy atom. The number of aliphatic carboxylic acids is 1. The van der Waals surface area contributed by atoms with Crippen LogP contribution >= 0.6 is 0 Å². The summed E-state index contributed by atoms with van der Waals surface area (Å²) in [6.45, 7) is 1.57. The Bertz CT molecular complexity index is 994. The topological polar surface area (TPSA) is 114 Å². The number of amides is 2. The standard InChI is InChI=1S/C25H28N2O6/c1-15(24(29)30)33-27-23(28)13-16-7-6-12-22(16)26-25(31)32-14-21-19-10-4-2-8-17(19)18-9-3-5-11-20(18)21/h2-5,8-11,15-16,21-22H,6-7,12-14H2,1H3,(H,26,31)(H,27,28)(H,29,30)/t15?,16-,22+/m0/s1. The number of ether oxygens (including phenoxy) is 1. The highest BCUT2D eigenvalue weighted by molar-refractivity contribution is 5.79. The maximum Gasteiger partial charge on any atom is 0.407 e. The number of fused-ring (bicyclic) bond motifs is 3.